The van der Waals surface area contributed by atoms with E-state index in [2.05, 4.69) is 34.3 Å². The maximum absolute atomic E-state index is 5.74. The lowest BCUT2D eigenvalue weighted by Gasteiger charge is -2.13. The monoisotopic (exact) mass is 308 g/mol. The van der Waals surface area contributed by atoms with Crippen LogP contribution >= 0.6 is 15.9 Å². The molecule has 0 aliphatic rings. The molecule has 0 unspecified atom stereocenters. The lowest BCUT2D eigenvalue weighted by atomic mass is 10.2. The van der Waals surface area contributed by atoms with Crippen LogP contribution < -0.4 is 10.2 Å². The van der Waals surface area contributed by atoms with Crippen LogP contribution in [0, 0.1) is 0 Å². The van der Waals surface area contributed by atoms with Gasteiger partial charge in [0.1, 0.15) is 5.75 Å². The van der Waals surface area contributed by atoms with E-state index in [-0.39, 0.29) is 0 Å². The fourth-order valence-corrected chi connectivity index (χ4v) is 2.06. The smallest absolute Gasteiger partial charge is 0.124 e. The van der Waals surface area contributed by atoms with Crippen LogP contribution in [0.15, 0.2) is 47.2 Å². The number of ether oxygens (including phenoxy) is 1. The number of nitrogens with one attached hydrogen (secondary N) is 1. The molecule has 0 saturated carbocycles. The lowest BCUT2D eigenvalue weighted by molar-refractivity contribution is 0.314. The summed E-state index contributed by atoms with van der Waals surface area (Å²) in [4.78, 5) is 0. The van der Waals surface area contributed by atoms with Gasteiger partial charge in [-0.1, -0.05) is 22.9 Å². The van der Waals surface area contributed by atoms with Crippen LogP contribution in [0.1, 0.15) is 18.9 Å². The minimum absolute atomic E-state index is 0.729. The second kappa shape index (κ2) is 6.50. The minimum Gasteiger partial charge on any atom is -0.493 e. The van der Waals surface area contributed by atoms with Crippen LogP contribution in [0.5, 0.6) is 5.75 Å². The van der Waals surface area contributed by atoms with Gasteiger partial charge in [0.15, 0.2) is 0 Å². The molecule has 0 aliphatic carbocycles. The normalized spacial score (nSPS) is 10.3. The zero-order valence-corrected chi connectivity index (χ0v) is 12.0. The maximum atomic E-state index is 5.74. The quantitative estimate of drug-likeness (QED) is 0.879. The van der Waals surface area contributed by atoms with E-state index in [1.54, 1.807) is 0 Å². The largest absolute Gasteiger partial charge is 0.493 e. The van der Waals surface area contributed by atoms with Crippen molar-refractivity contribution in [3.63, 3.8) is 0 Å². The number of rotatable bonds is 6. The summed E-state index contributed by atoms with van der Waals surface area (Å²) >= 11 is 3.49. The summed E-state index contributed by atoms with van der Waals surface area (Å²) in [5.74, 6) is 0.944. The Morgan fingerprint density at radius 1 is 1.28 bits per heavy atom. The average molecular weight is 309 g/mol. The Hall–Kier alpha value is -1.42. The third-order valence-corrected chi connectivity index (χ3v) is 3.03. The lowest BCUT2D eigenvalue weighted by Crippen LogP contribution is -2.13. The molecule has 2 rings (SSSR count). The molecule has 2 aromatic rings. The molecule has 0 fully saturated rings. The summed E-state index contributed by atoms with van der Waals surface area (Å²) in [5, 5.41) is 0. The van der Waals surface area contributed by atoms with Crippen LogP contribution in [-0.2, 0) is 6.54 Å². The first-order valence-corrected chi connectivity index (χ1v) is 6.87. The van der Waals surface area contributed by atoms with E-state index in [1.807, 2.05) is 41.3 Å². The van der Waals surface area contributed by atoms with Gasteiger partial charge in [0, 0.05) is 22.4 Å². The Morgan fingerprint density at radius 2 is 2.06 bits per heavy atom. The second-order valence-electron chi connectivity index (χ2n) is 4.03. The highest BCUT2D eigenvalue weighted by atomic mass is 79.9. The fourth-order valence-electron chi connectivity index (χ4n) is 1.66. The Kier molecular flexibility index (Phi) is 4.70. The van der Waals surface area contributed by atoms with Crippen LogP contribution in [-0.4, -0.2) is 11.3 Å². The van der Waals surface area contributed by atoms with E-state index in [0.717, 1.165) is 35.4 Å². The number of nitrogens with zero attached hydrogens (tertiary/aromatic N) is 1. The standard InChI is InChI=1S/C14H17BrN2O/c1-2-9-18-14-6-5-13(15)10-12(14)11-16-17-7-3-4-8-17/h3-8,10,16H,2,9,11H2,1H3. The molecular formula is C14H17BrN2O. The van der Waals surface area contributed by atoms with Gasteiger partial charge in [-0.3, -0.25) is 4.68 Å². The molecule has 3 nitrogen and oxygen atoms in total. The number of halogens is 1. The zero-order valence-electron chi connectivity index (χ0n) is 10.4. The van der Waals surface area contributed by atoms with E-state index in [0.29, 0.717) is 0 Å². The van der Waals surface area contributed by atoms with Gasteiger partial charge in [-0.15, -0.1) is 0 Å². The minimum atomic E-state index is 0.729. The number of hydrogen-bond donors (Lipinski definition) is 1. The average Bonchev–Trinajstić information content (AvgIpc) is 2.88. The molecule has 1 heterocycles. The molecule has 18 heavy (non-hydrogen) atoms. The van der Waals surface area contributed by atoms with Gasteiger partial charge in [-0.2, -0.15) is 0 Å². The third kappa shape index (κ3) is 3.53. The van der Waals surface area contributed by atoms with Crippen molar-refractivity contribution in [1.29, 1.82) is 0 Å². The third-order valence-electron chi connectivity index (χ3n) is 2.54. The van der Waals surface area contributed by atoms with Crippen LogP contribution in [0.2, 0.25) is 0 Å². The Balaban J connectivity index is 2.06. The van der Waals surface area contributed by atoms with Crippen molar-refractivity contribution in [2.24, 2.45) is 0 Å². The molecule has 0 amide bonds. The molecule has 0 atom stereocenters. The highest BCUT2D eigenvalue weighted by Gasteiger charge is 2.04. The molecule has 1 aromatic heterocycles. The first kappa shape index (κ1) is 13.0. The van der Waals surface area contributed by atoms with Crippen molar-refractivity contribution in [2.75, 3.05) is 12.0 Å². The summed E-state index contributed by atoms with van der Waals surface area (Å²) in [7, 11) is 0. The Bertz CT molecular complexity index is 483. The highest BCUT2D eigenvalue weighted by molar-refractivity contribution is 9.10. The SMILES string of the molecule is CCCOc1ccc(Br)cc1CNn1cccc1. The molecule has 0 saturated heterocycles. The van der Waals surface area contributed by atoms with Gasteiger partial charge >= 0.3 is 0 Å². The number of benzene rings is 1. The molecule has 0 radical (unpaired) electrons. The van der Waals surface area contributed by atoms with Crippen molar-refractivity contribution in [2.45, 2.75) is 19.9 Å². The number of aromatic nitrogens is 1. The van der Waals surface area contributed by atoms with E-state index >= 15 is 0 Å². The first-order valence-electron chi connectivity index (χ1n) is 6.07. The van der Waals surface area contributed by atoms with E-state index in [4.69, 9.17) is 4.74 Å². The van der Waals surface area contributed by atoms with Gasteiger partial charge in [0.05, 0.1) is 13.2 Å². The van der Waals surface area contributed by atoms with E-state index < -0.39 is 0 Å². The summed E-state index contributed by atoms with van der Waals surface area (Å²) in [6.45, 7) is 3.59. The highest BCUT2D eigenvalue weighted by Crippen LogP contribution is 2.23. The van der Waals surface area contributed by atoms with Crippen LogP contribution in [0.25, 0.3) is 0 Å². The van der Waals surface area contributed by atoms with Crippen molar-refractivity contribution in [1.82, 2.24) is 4.68 Å². The molecule has 0 spiro atoms. The topological polar surface area (TPSA) is 26.2 Å². The van der Waals surface area contributed by atoms with Gasteiger partial charge in [-0.05, 0) is 36.8 Å². The number of hydrogen-bond acceptors (Lipinski definition) is 2. The van der Waals surface area contributed by atoms with E-state index in [9.17, 15) is 0 Å². The van der Waals surface area contributed by atoms with Crippen molar-refractivity contribution in [3.8, 4) is 5.75 Å². The van der Waals surface area contributed by atoms with Crippen LogP contribution in [0.3, 0.4) is 0 Å². The summed E-state index contributed by atoms with van der Waals surface area (Å²) in [6, 6.07) is 10.1. The van der Waals surface area contributed by atoms with Gasteiger partial charge in [0.2, 0.25) is 0 Å². The Morgan fingerprint density at radius 3 is 2.78 bits per heavy atom. The predicted octanol–water partition coefficient (Wildman–Crippen LogP) is 3.78. The molecular weight excluding hydrogens is 292 g/mol. The zero-order chi connectivity index (χ0) is 12.8. The fraction of sp³-hybridized carbons (Fsp3) is 0.286. The molecule has 4 heteroatoms. The van der Waals surface area contributed by atoms with Crippen molar-refractivity contribution < 1.29 is 4.74 Å². The Labute approximate surface area is 116 Å². The summed E-state index contributed by atoms with van der Waals surface area (Å²) in [5.41, 5.74) is 4.45. The summed E-state index contributed by atoms with van der Waals surface area (Å²) in [6.07, 6.45) is 4.97. The van der Waals surface area contributed by atoms with Crippen molar-refractivity contribution in [3.05, 3.63) is 52.8 Å². The summed E-state index contributed by atoms with van der Waals surface area (Å²) < 4.78 is 8.74. The van der Waals surface area contributed by atoms with Gasteiger partial charge in [0.25, 0.3) is 0 Å². The van der Waals surface area contributed by atoms with Crippen LogP contribution in [0.4, 0.5) is 0 Å². The van der Waals surface area contributed by atoms with E-state index in [1.165, 1.54) is 0 Å². The predicted molar refractivity (Wildman–Crippen MR) is 77.4 cm³/mol. The maximum Gasteiger partial charge on any atom is 0.124 e. The van der Waals surface area contributed by atoms with Crippen molar-refractivity contribution >= 4 is 15.9 Å². The van der Waals surface area contributed by atoms with Gasteiger partial charge < -0.3 is 10.2 Å². The molecule has 1 aromatic carbocycles. The molecule has 96 valence electrons. The van der Waals surface area contributed by atoms with Gasteiger partial charge in [-0.25, -0.2) is 0 Å². The second-order valence-corrected chi connectivity index (χ2v) is 4.94. The molecule has 1 N–H and O–H groups in total. The molecule has 0 aliphatic heterocycles. The first-order chi connectivity index (χ1) is 8.79. The molecule has 0 bridgehead atoms.